The van der Waals surface area contributed by atoms with Gasteiger partial charge in [-0.2, -0.15) is 10.2 Å². The van der Waals surface area contributed by atoms with Crippen molar-refractivity contribution in [2.45, 2.75) is 63.9 Å². The van der Waals surface area contributed by atoms with Crippen LogP contribution in [0.15, 0.2) is 23.9 Å². The molecule has 0 saturated heterocycles. The molecule has 2 saturated carbocycles. The lowest BCUT2D eigenvalue weighted by molar-refractivity contribution is -0.132. The molecule has 2 heterocycles. The molecule has 0 aliphatic heterocycles. The fourth-order valence-corrected chi connectivity index (χ4v) is 4.38. The van der Waals surface area contributed by atoms with Gasteiger partial charge in [-0.25, -0.2) is 4.79 Å². The van der Waals surface area contributed by atoms with E-state index in [0.717, 1.165) is 38.5 Å². The largest absolute Gasteiger partial charge is 0.487 e. The quantitative estimate of drug-likeness (QED) is 0.530. The molecule has 0 aromatic carbocycles. The minimum Gasteiger partial charge on any atom is -0.487 e. The topological polar surface area (TPSA) is 96.9 Å². The molecule has 2 aromatic heterocycles. The van der Waals surface area contributed by atoms with E-state index < -0.39 is 5.97 Å². The van der Waals surface area contributed by atoms with Crippen molar-refractivity contribution in [1.82, 2.24) is 9.38 Å². The summed E-state index contributed by atoms with van der Waals surface area (Å²) in [6, 6.07) is 5.46. The van der Waals surface area contributed by atoms with Gasteiger partial charge in [-0.15, -0.1) is 0 Å². The second-order valence-electron chi connectivity index (χ2n) is 8.18. The molecule has 2 fully saturated rings. The number of aromatic nitrogens is 2. The molecule has 158 valence electrons. The van der Waals surface area contributed by atoms with Crippen molar-refractivity contribution in [3.05, 3.63) is 29.6 Å². The van der Waals surface area contributed by atoms with Gasteiger partial charge < -0.3 is 14.6 Å². The van der Waals surface area contributed by atoms with Crippen LogP contribution in [-0.4, -0.2) is 33.2 Å². The number of hydrogen-bond donors (Lipinski definition) is 1. The van der Waals surface area contributed by atoms with Crippen LogP contribution in [0.4, 0.5) is 0 Å². The van der Waals surface area contributed by atoms with E-state index in [2.05, 4.69) is 4.98 Å². The highest BCUT2D eigenvalue weighted by Crippen LogP contribution is 2.32. The van der Waals surface area contributed by atoms with Crippen molar-refractivity contribution in [3.8, 4) is 17.7 Å². The Balaban J connectivity index is 1.70. The number of carbonyl (C=O) groups is 1. The van der Waals surface area contributed by atoms with Crippen LogP contribution < -0.4 is 9.47 Å². The van der Waals surface area contributed by atoms with Gasteiger partial charge in [-0.1, -0.05) is 19.3 Å². The van der Waals surface area contributed by atoms with Gasteiger partial charge in [0, 0.05) is 6.20 Å². The zero-order valence-electron chi connectivity index (χ0n) is 17.0. The molecular weight excluding hydrogens is 382 g/mol. The standard InChI is InChI=1S/C23H27N3O4/c24-14-17(23(27)28)13-19-22(29-15-16-7-2-1-3-8-16)25-21-20(11-6-12-26(19)21)30-18-9-4-5-10-18/h6,11-13,16,18H,1-5,7-10,15H2,(H,27,28). The molecular formula is C23H27N3O4. The van der Waals surface area contributed by atoms with E-state index in [1.54, 1.807) is 16.7 Å². The summed E-state index contributed by atoms with van der Waals surface area (Å²) in [6.07, 6.45) is 13.6. The SMILES string of the molecule is N#CC(=Cc1c(OCC2CCCCC2)nc2c(OC3CCCC3)cccn12)C(=O)O. The molecule has 0 amide bonds. The summed E-state index contributed by atoms with van der Waals surface area (Å²) in [7, 11) is 0. The highest BCUT2D eigenvalue weighted by molar-refractivity contribution is 5.96. The lowest BCUT2D eigenvalue weighted by Gasteiger charge is -2.21. The fourth-order valence-electron chi connectivity index (χ4n) is 4.38. The van der Waals surface area contributed by atoms with E-state index in [9.17, 15) is 15.2 Å². The highest BCUT2D eigenvalue weighted by atomic mass is 16.5. The van der Waals surface area contributed by atoms with Gasteiger partial charge >= 0.3 is 5.97 Å². The Bertz CT molecular complexity index is 976. The number of aliphatic carboxylic acids is 1. The summed E-state index contributed by atoms with van der Waals surface area (Å²) in [5.41, 5.74) is 0.676. The molecule has 0 spiro atoms. The van der Waals surface area contributed by atoms with Crippen molar-refractivity contribution in [2.75, 3.05) is 6.61 Å². The van der Waals surface area contributed by atoms with Crippen LogP contribution in [0.5, 0.6) is 11.6 Å². The van der Waals surface area contributed by atoms with Crippen LogP contribution in [0.2, 0.25) is 0 Å². The number of fused-ring (bicyclic) bond motifs is 1. The van der Waals surface area contributed by atoms with Gasteiger partial charge in [0.2, 0.25) is 5.88 Å². The minimum absolute atomic E-state index is 0.173. The Morgan fingerprint density at radius 3 is 2.67 bits per heavy atom. The molecule has 2 aromatic rings. The first kappa shape index (κ1) is 20.3. The monoisotopic (exact) mass is 409 g/mol. The fraction of sp³-hybridized carbons (Fsp3) is 0.522. The number of pyridine rings is 1. The average Bonchev–Trinajstić information content (AvgIpc) is 3.39. The number of nitrogens with zero attached hydrogens (tertiary/aromatic N) is 3. The summed E-state index contributed by atoms with van der Waals surface area (Å²) < 4.78 is 14.0. The van der Waals surface area contributed by atoms with Gasteiger partial charge in [-0.05, 0) is 62.7 Å². The predicted molar refractivity (Wildman–Crippen MR) is 111 cm³/mol. The molecule has 2 aliphatic rings. The van der Waals surface area contributed by atoms with Crippen molar-refractivity contribution in [3.63, 3.8) is 0 Å². The maximum atomic E-state index is 11.4. The average molecular weight is 409 g/mol. The third kappa shape index (κ3) is 4.43. The number of ether oxygens (including phenoxy) is 2. The van der Waals surface area contributed by atoms with E-state index >= 15 is 0 Å². The maximum Gasteiger partial charge on any atom is 0.346 e. The number of carboxylic acid groups (broad SMARTS) is 1. The first-order chi connectivity index (χ1) is 14.7. The molecule has 0 unspecified atom stereocenters. The first-order valence-electron chi connectivity index (χ1n) is 10.8. The minimum atomic E-state index is -1.27. The van der Waals surface area contributed by atoms with E-state index in [-0.39, 0.29) is 11.7 Å². The first-order valence-corrected chi connectivity index (χ1v) is 10.8. The predicted octanol–water partition coefficient (Wildman–Crippen LogP) is 4.61. The molecule has 30 heavy (non-hydrogen) atoms. The van der Waals surface area contributed by atoms with Crippen LogP contribution in [-0.2, 0) is 4.79 Å². The molecule has 0 bridgehead atoms. The third-order valence-corrected chi connectivity index (χ3v) is 6.03. The van der Waals surface area contributed by atoms with E-state index in [4.69, 9.17) is 9.47 Å². The molecule has 4 rings (SSSR count). The zero-order chi connectivity index (χ0) is 20.9. The van der Waals surface area contributed by atoms with Gasteiger partial charge in [-0.3, -0.25) is 4.40 Å². The summed E-state index contributed by atoms with van der Waals surface area (Å²) >= 11 is 0. The zero-order valence-corrected chi connectivity index (χ0v) is 17.0. The molecule has 7 nitrogen and oxygen atoms in total. The number of hydrogen-bond acceptors (Lipinski definition) is 5. The second kappa shape index (κ2) is 9.21. The second-order valence-corrected chi connectivity index (χ2v) is 8.18. The van der Waals surface area contributed by atoms with Gasteiger partial charge in [0.1, 0.15) is 17.3 Å². The lowest BCUT2D eigenvalue weighted by atomic mass is 9.90. The summed E-state index contributed by atoms with van der Waals surface area (Å²) in [4.78, 5) is 16.1. The van der Waals surface area contributed by atoms with Crippen LogP contribution in [0, 0.1) is 17.2 Å². The lowest BCUT2D eigenvalue weighted by Crippen LogP contribution is -2.15. The number of rotatable bonds is 7. The summed E-state index contributed by atoms with van der Waals surface area (Å²) in [5, 5.41) is 18.6. The third-order valence-electron chi connectivity index (χ3n) is 6.03. The van der Waals surface area contributed by atoms with Crippen molar-refractivity contribution < 1.29 is 19.4 Å². The summed E-state index contributed by atoms with van der Waals surface area (Å²) in [6.45, 7) is 0.540. The Kier molecular flexibility index (Phi) is 6.22. The van der Waals surface area contributed by atoms with Gasteiger partial charge in [0.25, 0.3) is 0 Å². The molecule has 2 aliphatic carbocycles. The Hall–Kier alpha value is -3.01. The van der Waals surface area contributed by atoms with Crippen molar-refractivity contribution in [2.24, 2.45) is 5.92 Å². The number of nitriles is 1. The molecule has 7 heteroatoms. The Morgan fingerprint density at radius 1 is 1.23 bits per heavy atom. The van der Waals surface area contributed by atoms with Gasteiger partial charge in [0.15, 0.2) is 11.4 Å². The van der Waals surface area contributed by atoms with Crippen molar-refractivity contribution in [1.29, 1.82) is 5.26 Å². The van der Waals surface area contributed by atoms with E-state index in [1.165, 1.54) is 25.3 Å². The van der Waals surface area contributed by atoms with E-state index in [1.807, 2.05) is 12.1 Å². The van der Waals surface area contributed by atoms with Crippen LogP contribution in [0.3, 0.4) is 0 Å². The molecule has 0 radical (unpaired) electrons. The normalized spacial score (nSPS) is 18.4. The van der Waals surface area contributed by atoms with Crippen LogP contribution in [0.25, 0.3) is 11.7 Å². The highest BCUT2D eigenvalue weighted by Gasteiger charge is 2.22. The van der Waals surface area contributed by atoms with Crippen molar-refractivity contribution >= 4 is 17.7 Å². The number of imidazole rings is 1. The van der Waals surface area contributed by atoms with Gasteiger partial charge in [0.05, 0.1) is 12.7 Å². The Labute approximate surface area is 175 Å². The Morgan fingerprint density at radius 2 is 1.97 bits per heavy atom. The number of carboxylic acids is 1. The van der Waals surface area contributed by atoms with Crippen LogP contribution in [0.1, 0.15) is 63.5 Å². The smallest absolute Gasteiger partial charge is 0.346 e. The molecule has 1 N–H and O–H groups in total. The van der Waals surface area contributed by atoms with Crippen LogP contribution >= 0.6 is 0 Å². The summed E-state index contributed by atoms with van der Waals surface area (Å²) in [5.74, 6) is 0.200. The van der Waals surface area contributed by atoms with E-state index in [0.29, 0.717) is 35.5 Å². The maximum absolute atomic E-state index is 11.4. The molecule has 0 atom stereocenters.